The number of para-hydroxylation sites is 1. The van der Waals surface area contributed by atoms with E-state index in [1.165, 1.54) is 19.4 Å². The van der Waals surface area contributed by atoms with E-state index < -0.39 is 0 Å². The maximum absolute atomic E-state index is 5.76. The molecule has 1 unspecified atom stereocenters. The first-order valence-electron chi connectivity index (χ1n) is 7.91. The van der Waals surface area contributed by atoms with E-state index in [0.29, 0.717) is 12.1 Å². The fraction of sp³-hybridized carbons (Fsp3) is 0.647. The van der Waals surface area contributed by atoms with Crippen molar-refractivity contribution in [1.82, 2.24) is 10.2 Å². The van der Waals surface area contributed by atoms with Crippen LogP contribution in [0, 0.1) is 0 Å². The molecule has 20 heavy (non-hydrogen) atoms. The van der Waals surface area contributed by atoms with E-state index in [9.17, 15) is 0 Å². The molecule has 0 amide bonds. The van der Waals surface area contributed by atoms with Crippen LogP contribution in [0.4, 0.5) is 0 Å². The van der Waals surface area contributed by atoms with Crippen LogP contribution < -0.4 is 10.1 Å². The number of benzene rings is 1. The summed E-state index contributed by atoms with van der Waals surface area (Å²) >= 11 is 0. The second-order valence-electron chi connectivity index (χ2n) is 5.91. The average molecular weight is 276 g/mol. The quantitative estimate of drug-likeness (QED) is 0.739. The lowest BCUT2D eigenvalue weighted by Gasteiger charge is -2.25. The van der Waals surface area contributed by atoms with Crippen LogP contribution >= 0.6 is 0 Å². The van der Waals surface area contributed by atoms with Gasteiger partial charge in [0.05, 0.1) is 6.61 Å². The van der Waals surface area contributed by atoms with Crippen molar-refractivity contribution in [3.63, 3.8) is 0 Å². The molecule has 0 spiro atoms. The van der Waals surface area contributed by atoms with Gasteiger partial charge in [-0.3, -0.25) is 4.90 Å². The van der Waals surface area contributed by atoms with Crippen LogP contribution in [0.25, 0.3) is 0 Å². The topological polar surface area (TPSA) is 24.5 Å². The fourth-order valence-corrected chi connectivity index (χ4v) is 2.77. The molecule has 0 saturated carbocycles. The highest BCUT2D eigenvalue weighted by Crippen LogP contribution is 2.17. The molecule has 1 N–H and O–H groups in total. The zero-order valence-corrected chi connectivity index (χ0v) is 12.8. The first-order chi connectivity index (χ1) is 9.75. The van der Waals surface area contributed by atoms with Crippen molar-refractivity contribution in [2.75, 3.05) is 26.2 Å². The number of likely N-dealkylation sites (tertiary alicyclic amines) is 1. The Kier molecular flexibility index (Phi) is 6.34. The van der Waals surface area contributed by atoms with E-state index in [0.717, 1.165) is 31.9 Å². The van der Waals surface area contributed by atoms with Crippen LogP contribution in [0.2, 0.25) is 0 Å². The minimum Gasteiger partial charge on any atom is -0.494 e. The van der Waals surface area contributed by atoms with Crippen molar-refractivity contribution in [2.24, 2.45) is 0 Å². The van der Waals surface area contributed by atoms with Gasteiger partial charge in [0.15, 0.2) is 0 Å². The number of nitrogens with one attached hydrogen (secondary N) is 1. The lowest BCUT2D eigenvalue weighted by molar-refractivity contribution is 0.215. The summed E-state index contributed by atoms with van der Waals surface area (Å²) in [7, 11) is 0. The molecule has 3 heteroatoms. The van der Waals surface area contributed by atoms with E-state index in [2.05, 4.69) is 24.1 Å². The highest BCUT2D eigenvalue weighted by Gasteiger charge is 2.23. The molecule has 1 fully saturated rings. The fourth-order valence-electron chi connectivity index (χ4n) is 2.77. The SMILES string of the molecule is CC(C)NCC1CCCN1CCCOc1ccccc1. The van der Waals surface area contributed by atoms with Gasteiger partial charge in [0.2, 0.25) is 0 Å². The molecule has 1 aromatic carbocycles. The maximum Gasteiger partial charge on any atom is 0.119 e. The molecular formula is C17H28N2O. The Balaban J connectivity index is 1.63. The third-order valence-corrected chi connectivity index (χ3v) is 3.86. The third-order valence-electron chi connectivity index (χ3n) is 3.86. The van der Waals surface area contributed by atoms with E-state index in [4.69, 9.17) is 4.74 Å². The molecule has 0 aliphatic carbocycles. The molecule has 0 bridgehead atoms. The van der Waals surface area contributed by atoms with Crippen LogP contribution in [0.3, 0.4) is 0 Å². The molecule has 0 aromatic heterocycles. The average Bonchev–Trinajstić information content (AvgIpc) is 2.90. The molecule has 3 nitrogen and oxygen atoms in total. The minimum atomic E-state index is 0.582. The summed E-state index contributed by atoms with van der Waals surface area (Å²) in [4.78, 5) is 2.61. The molecule has 1 heterocycles. The van der Waals surface area contributed by atoms with Gasteiger partial charge >= 0.3 is 0 Å². The van der Waals surface area contributed by atoms with E-state index in [1.54, 1.807) is 0 Å². The van der Waals surface area contributed by atoms with Crippen molar-refractivity contribution >= 4 is 0 Å². The second-order valence-corrected chi connectivity index (χ2v) is 5.91. The number of ether oxygens (including phenoxy) is 1. The van der Waals surface area contributed by atoms with Crippen molar-refractivity contribution in [1.29, 1.82) is 0 Å². The normalized spacial score (nSPS) is 19.6. The Bertz CT molecular complexity index is 367. The first-order valence-corrected chi connectivity index (χ1v) is 7.91. The summed E-state index contributed by atoms with van der Waals surface area (Å²) in [5.74, 6) is 0.979. The van der Waals surface area contributed by atoms with Crippen LogP contribution in [0.5, 0.6) is 5.75 Å². The standard InChI is InChI=1S/C17H28N2O/c1-15(2)18-14-16-8-6-11-19(16)12-7-13-20-17-9-4-3-5-10-17/h3-5,9-10,15-16,18H,6-8,11-14H2,1-2H3. The van der Waals surface area contributed by atoms with Gasteiger partial charge in [-0.25, -0.2) is 0 Å². The lowest BCUT2D eigenvalue weighted by Crippen LogP contribution is -2.40. The number of hydrogen-bond donors (Lipinski definition) is 1. The van der Waals surface area contributed by atoms with Crippen molar-refractivity contribution in [3.8, 4) is 5.75 Å². The third kappa shape index (κ3) is 5.14. The highest BCUT2D eigenvalue weighted by molar-refractivity contribution is 5.20. The van der Waals surface area contributed by atoms with E-state index in [1.807, 2.05) is 30.3 Å². The van der Waals surface area contributed by atoms with E-state index in [-0.39, 0.29) is 0 Å². The number of hydrogen-bond acceptors (Lipinski definition) is 3. The molecule has 1 atom stereocenters. The summed E-state index contributed by atoms with van der Waals surface area (Å²) in [6.07, 6.45) is 3.77. The van der Waals surface area contributed by atoms with Gasteiger partial charge in [-0.2, -0.15) is 0 Å². The first kappa shape index (κ1) is 15.3. The Morgan fingerprint density at radius 3 is 2.85 bits per heavy atom. The lowest BCUT2D eigenvalue weighted by atomic mass is 10.2. The van der Waals surface area contributed by atoms with Gasteiger partial charge in [-0.05, 0) is 37.9 Å². The van der Waals surface area contributed by atoms with Crippen LogP contribution in [0.15, 0.2) is 30.3 Å². The molecule has 1 saturated heterocycles. The molecule has 1 aliphatic rings. The number of nitrogens with zero attached hydrogens (tertiary/aromatic N) is 1. The van der Waals surface area contributed by atoms with E-state index >= 15 is 0 Å². The Morgan fingerprint density at radius 2 is 2.10 bits per heavy atom. The van der Waals surface area contributed by atoms with Crippen molar-refractivity contribution in [3.05, 3.63) is 30.3 Å². The summed E-state index contributed by atoms with van der Waals surface area (Å²) < 4.78 is 5.76. The van der Waals surface area contributed by atoms with Gasteiger partial charge < -0.3 is 10.1 Å². The van der Waals surface area contributed by atoms with Crippen molar-refractivity contribution in [2.45, 2.75) is 45.2 Å². The Labute approximate surface area is 123 Å². The van der Waals surface area contributed by atoms with Crippen molar-refractivity contribution < 1.29 is 4.74 Å². The smallest absolute Gasteiger partial charge is 0.119 e. The van der Waals surface area contributed by atoms with Crippen LogP contribution in [-0.2, 0) is 0 Å². The summed E-state index contributed by atoms with van der Waals surface area (Å²) in [6, 6.07) is 11.4. The van der Waals surface area contributed by atoms with Gasteiger partial charge in [0.25, 0.3) is 0 Å². The predicted octanol–water partition coefficient (Wildman–Crippen LogP) is 2.92. The highest BCUT2D eigenvalue weighted by atomic mass is 16.5. The van der Waals surface area contributed by atoms with Gasteiger partial charge in [0.1, 0.15) is 5.75 Å². The molecule has 0 radical (unpaired) electrons. The molecule has 1 aromatic rings. The Hall–Kier alpha value is -1.06. The van der Waals surface area contributed by atoms with Gasteiger partial charge in [-0.1, -0.05) is 32.0 Å². The summed E-state index contributed by atoms with van der Waals surface area (Å²) in [5.41, 5.74) is 0. The van der Waals surface area contributed by atoms with Crippen LogP contribution in [0.1, 0.15) is 33.1 Å². The summed E-state index contributed by atoms with van der Waals surface area (Å²) in [5, 5.41) is 3.56. The summed E-state index contributed by atoms with van der Waals surface area (Å²) in [6.45, 7) is 8.76. The Morgan fingerprint density at radius 1 is 1.30 bits per heavy atom. The second kappa shape index (κ2) is 8.28. The minimum absolute atomic E-state index is 0.582. The van der Waals surface area contributed by atoms with Gasteiger partial charge in [-0.15, -0.1) is 0 Å². The monoisotopic (exact) mass is 276 g/mol. The zero-order valence-electron chi connectivity index (χ0n) is 12.8. The number of rotatable bonds is 8. The molecule has 1 aliphatic heterocycles. The maximum atomic E-state index is 5.76. The molecule has 2 rings (SSSR count). The predicted molar refractivity (Wildman–Crippen MR) is 84.3 cm³/mol. The van der Waals surface area contributed by atoms with Gasteiger partial charge in [0, 0.05) is 25.2 Å². The van der Waals surface area contributed by atoms with Crippen LogP contribution in [-0.4, -0.2) is 43.2 Å². The largest absolute Gasteiger partial charge is 0.494 e. The molecular weight excluding hydrogens is 248 g/mol. The zero-order chi connectivity index (χ0) is 14.2. The molecule has 112 valence electrons.